The summed E-state index contributed by atoms with van der Waals surface area (Å²) in [5.74, 6) is -0.551. The average Bonchev–Trinajstić information content (AvgIpc) is 2.74. The zero-order valence-electron chi connectivity index (χ0n) is 9.78. The molecule has 0 saturated carbocycles. The van der Waals surface area contributed by atoms with Gasteiger partial charge in [0.25, 0.3) is 12.3 Å². The van der Waals surface area contributed by atoms with Crippen molar-refractivity contribution in [3.8, 4) is 0 Å². The minimum Gasteiger partial charge on any atom is -0.320 e. The van der Waals surface area contributed by atoms with Crippen LogP contribution in [0.3, 0.4) is 0 Å². The van der Waals surface area contributed by atoms with Crippen LogP contribution in [-0.4, -0.2) is 10.9 Å². The molecule has 0 saturated heterocycles. The second-order valence-electron chi connectivity index (χ2n) is 3.68. The summed E-state index contributed by atoms with van der Waals surface area (Å²) in [5, 5.41) is 3.07. The van der Waals surface area contributed by atoms with Gasteiger partial charge in [0.15, 0.2) is 0 Å². The standard InChI is InChI=1S/C12H9F2IN2OS/c1-6-16-9(11(13)14)10(19-6)12(18)17-8-5-3-2-4-7(8)15/h2-5,11H,1H3,(H,17,18). The summed E-state index contributed by atoms with van der Waals surface area (Å²) in [5.41, 5.74) is 0.144. The normalized spacial score (nSPS) is 10.8. The van der Waals surface area contributed by atoms with E-state index in [-0.39, 0.29) is 4.88 Å². The quantitative estimate of drug-likeness (QED) is 0.792. The van der Waals surface area contributed by atoms with Gasteiger partial charge in [-0.2, -0.15) is 0 Å². The van der Waals surface area contributed by atoms with Crippen molar-refractivity contribution < 1.29 is 13.6 Å². The number of para-hydroxylation sites is 1. The number of hydrogen-bond donors (Lipinski definition) is 1. The van der Waals surface area contributed by atoms with Gasteiger partial charge in [0.05, 0.1) is 10.7 Å². The van der Waals surface area contributed by atoms with Crippen LogP contribution in [0.25, 0.3) is 0 Å². The number of anilines is 1. The number of carbonyl (C=O) groups is 1. The Bertz CT molecular complexity index is 616. The molecule has 1 N–H and O–H groups in total. The zero-order valence-corrected chi connectivity index (χ0v) is 12.8. The van der Waals surface area contributed by atoms with Crippen LogP contribution in [0.4, 0.5) is 14.5 Å². The molecule has 2 rings (SSSR count). The smallest absolute Gasteiger partial charge is 0.282 e. The first-order valence-corrected chi connectivity index (χ1v) is 7.20. The monoisotopic (exact) mass is 394 g/mol. The molecule has 19 heavy (non-hydrogen) atoms. The maximum absolute atomic E-state index is 12.8. The first-order chi connectivity index (χ1) is 8.99. The number of alkyl halides is 2. The van der Waals surface area contributed by atoms with Crippen molar-refractivity contribution in [3.05, 3.63) is 43.4 Å². The fourth-order valence-corrected chi connectivity index (χ4v) is 2.84. The first-order valence-electron chi connectivity index (χ1n) is 5.30. The second kappa shape index (κ2) is 5.91. The summed E-state index contributed by atoms with van der Waals surface area (Å²) in [4.78, 5) is 15.7. The molecule has 0 unspecified atom stereocenters. The molecule has 0 aliphatic rings. The van der Waals surface area contributed by atoms with Gasteiger partial charge in [0.1, 0.15) is 10.6 Å². The van der Waals surface area contributed by atoms with Crippen molar-refractivity contribution in [1.29, 1.82) is 0 Å². The van der Waals surface area contributed by atoms with E-state index in [0.717, 1.165) is 14.9 Å². The number of hydrogen-bond acceptors (Lipinski definition) is 3. The molecule has 0 radical (unpaired) electrons. The lowest BCUT2D eigenvalue weighted by molar-refractivity contribution is 0.101. The molecule has 1 heterocycles. The molecular weight excluding hydrogens is 385 g/mol. The Balaban J connectivity index is 2.28. The van der Waals surface area contributed by atoms with Crippen LogP contribution in [0.5, 0.6) is 0 Å². The third-order valence-corrected chi connectivity index (χ3v) is 4.22. The maximum atomic E-state index is 12.8. The lowest BCUT2D eigenvalue weighted by Gasteiger charge is -2.06. The Labute approximate surface area is 126 Å². The van der Waals surface area contributed by atoms with E-state index in [4.69, 9.17) is 0 Å². The van der Waals surface area contributed by atoms with Crippen molar-refractivity contribution in [2.45, 2.75) is 13.3 Å². The molecular formula is C12H9F2IN2OS. The summed E-state index contributed by atoms with van der Waals surface area (Å²) >= 11 is 3.04. The molecule has 7 heteroatoms. The second-order valence-corrected chi connectivity index (χ2v) is 6.05. The van der Waals surface area contributed by atoms with Crippen molar-refractivity contribution >= 4 is 45.5 Å². The van der Waals surface area contributed by atoms with Crippen LogP contribution in [0, 0.1) is 10.5 Å². The molecule has 2 aromatic rings. The van der Waals surface area contributed by atoms with Crippen LogP contribution < -0.4 is 5.32 Å². The summed E-state index contributed by atoms with van der Waals surface area (Å²) < 4.78 is 26.4. The van der Waals surface area contributed by atoms with E-state index in [1.165, 1.54) is 0 Å². The van der Waals surface area contributed by atoms with Crippen molar-refractivity contribution in [3.63, 3.8) is 0 Å². The highest BCUT2D eigenvalue weighted by atomic mass is 127. The predicted molar refractivity (Wildman–Crippen MR) is 78.9 cm³/mol. The van der Waals surface area contributed by atoms with E-state index < -0.39 is 18.0 Å². The van der Waals surface area contributed by atoms with Gasteiger partial charge in [0, 0.05) is 3.57 Å². The molecule has 0 fully saturated rings. The minimum atomic E-state index is -2.75. The van der Waals surface area contributed by atoms with E-state index in [2.05, 4.69) is 32.9 Å². The molecule has 0 aliphatic heterocycles. The zero-order chi connectivity index (χ0) is 14.0. The van der Waals surface area contributed by atoms with Crippen LogP contribution in [0.15, 0.2) is 24.3 Å². The summed E-state index contributed by atoms with van der Waals surface area (Å²) in [6, 6.07) is 7.14. The Kier molecular flexibility index (Phi) is 4.46. The molecule has 0 aliphatic carbocycles. The summed E-state index contributed by atoms with van der Waals surface area (Å²) in [6.07, 6.45) is -2.75. The molecule has 0 spiro atoms. The van der Waals surface area contributed by atoms with Crippen molar-refractivity contribution in [2.75, 3.05) is 5.32 Å². The maximum Gasteiger partial charge on any atom is 0.282 e. The lowest BCUT2D eigenvalue weighted by atomic mass is 10.3. The third-order valence-electron chi connectivity index (χ3n) is 2.30. The van der Waals surface area contributed by atoms with Crippen LogP contribution in [0.2, 0.25) is 0 Å². The largest absolute Gasteiger partial charge is 0.320 e. The van der Waals surface area contributed by atoms with Gasteiger partial charge in [0.2, 0.25) is 0 Å². The van der Waals surface area contributed by atoms with Gasteiger partial charge < -0.3 is 5.32 Å². The minimum absolute atomic E-state index is 0.0350. The van der Waals surface area contributed by atoms with E-state index in [1.54, 1.807) is 19.1 Å². The number of halogens is 3. The highest BCUT2D eigenvalue weighted by Crippen LogP contribution is 2.28. The molecule has 0 atom stereocenters. The number of amides is 1. The highest BCUT2D eigenvalue weighted by molar-refractivity contribution is 14.1. The first kappa shape index (κ1) is 14.3. The topological polar surface area (TPSA) is 42.0 Å². The Hall–Kier alpha value is -1.09. The lowest BCUT2D eigenvalue weighted by Crippen LogP contribution is -2.13. The van der Waals surface area contributed by atoms with Crippen LogP contribution in [-0.2, 0) is 0 Å². The number of aryl methyl sites for hydroxylation is 1. The Morgan fingerprint density at radius 3 is 2.74 bits per heavy atom. The SMILES string of the molecule is Cc1nc(C(F)F)c(C(=O)Nc2ccccc2I)s1. The predicted octanol–water partition coefficient (Wildman–Crippen LogP) is 4.25. The summed E-state index contributed by atoms with van der Waals surface area (Å²) in [7, 11) is 0. The average molecular weight is 394 g/mol. The van der Waals surface area contributed by atoms with Gasteiger partial charge in [-0.25, -0.2) is 13.8 Å². The number of benzene rings is 1. The van der Waals surface area contributed by atoms with E-state index >= 15 is 0 Å². The van der Waals surface area contributed by atoms with Crippen molar-refractivity contribution in [2.24, 2.45) is 0 Å². The molecule has 1 amide bonds. The van der Waals surface area contributed by atoms with Crippen molar-refractivity contribution in [1.82, 2.24) is 4.98 Å². The van der Waals surface area contributed by atoms with E-state index in [1.807, 2.05) is 12.1 Å². The fourth-order valence-electron chi connectivity index (χ4n) is 1.50. The van der Waals surface area contributed by atoms with Crippen LogP contribution >= 0.6 is 33.9 Å². The van der Waals surface area contributed by atoms with Gasteiger partial charge in [-0.05, 0) is 41.6 Å². The Morgan fingerprint density at radius 2 is 2.11 bits per heavy atom. The van der Waals surface area contributed by atoms with E-state index in [0.29, 0.717) is 10.7 Å². The van der Waals surface area contributed by atoms with Gasteiger partial charge in [-0.15, -0.1) is 11.3 Å². The fraction of sp³-hybridized carbons (Fsp3) is 0.167. The molecule has 0 bridgehead atoms. The number of rotatable bonds is 3. The van der Waals surface area contributed by atoms with Gasteiger partial charge >= 0.3 is 0 Å². The third kappa shape index (κ3) is 3.27. The summed E-state index contributed by atoms with van der Waals surface area (Å²) in [6.45, 7) is 1.60. The molecule has 1 aromatic heterocycles. The number of nitrogens with zero attached hydrogens (tertiary/aromatic N) is 1. The highest BCUT2D eigenvalue weighted by Gasteiger charge is 2.23. The molecule has 1 aromatic carbocycles. The number of nitrogens with one attached hydrogen (secondary N) is 1. The number of aromatic nitrogens is 1. The Morgan fingerprint density at radius 1 is 1.42 bits per heavy atom. The molecule has 3 nitrogen and oxygen atoms in total. The van der Waals surface area contributed by atoms with Gasteiger partial charge in [-0.3, -0.25) is 4.79 Å². The van der Waals surface area contributed by atoms with Gasteiger partial charge in [-0.1, -0.05) is 12.1 Å². The number of carbonyl (C=O) groups excluding carboxylic acids is 1. The number of thiazole rings is 1. The van der Waals surface area contributed by atoms with E-state index in [9.17, 15) is 13.6 Å². The molecule has 100 valence electrons. The van der Waals surface area contributed by atoms with Crippen LogP contribution in [0.1, 0.15) is 26.8 Å².